The molecule has 1 aromatic rings. The molecule has 0 bridgehead atoms. The molecule has 0 amide bonds. The van der Waals surface area contributed by atoms with Crippen molar-refractivity contribution in [3.63, 3.8) is 0 Å². The van der Waals surface area contributed by atoms with E-state index in [9.17, 15) is 13.2 Å². The van der Waals surface area contributed by atoms with Gasteiger partial charge in [0.05, 0.1) is 5.56 Å². The standard InChI is InChI=1S/C10H12BrF3N2/c1-6(15)5-16-9-3-2-7(11)4-8(9)10(12,13)14/h2-4,6,16H,5,15H2,1H3. The van der Waals surface area contributed by atoms with Crippen molar-refractivity contribution in [3.8, 4) is 0 Å². The number of nitrogens with one attached hydrogen (secondary N) is 1. The molecule has 16 heavy (non-hydrogen) atoms. The van der Waals surface area contributed by atoms with E-state index in [0.717, 1.165) is 6.07 Å². The first-order valence-electron chi connectivity index (χ1n) is 4.67. The van der Waals surface area contributed by atoms with Crippen LogP contribution in [0.5, 0.6) is 0 Å². The Morgan fingerprint density at radius 3 is 2.56 bits per heavy atom. The summed E-state index contributed by atoms with van der Waals surface area (Å²) in [5.41, 5.74) is 4.83. The molecule has 0 fully saturated rings. The summed E-state index contributed by atoms with van der Waals surface area (Å²) in [6.45, 7) is 2.02. The highest BCUT2D eigenvalue weighted by atomic mass is 79.9. The fraction of sp³-hybridized carbons (Fsp3) is 0.400. The molecule has 1 aromatic carbocycles. The lowest BCUT2D eigenvalue weighted by atomic mass is 10.1. The summed E-state index contributed by atoms with van der Waals surface area (Å²) in [5.74, 6) is 0. The van der Waals surface area contributed by atoms with Crippen LogP contribution in [0.25, 0.3) is 0 Å². The van der Waals surface area contributed by atoms with Gasteiger partial charge < -0.3 is 11.1 Å². The van der Waals surface area contributed by atoms with Crippen LogP contribution < -0.4 is 11.1 Å². The number of hydrogen-bond donors (Lipinski definition) is 2. The van der Waals surface area contributed by atoms with Crippen LogP contribution >= 0.6 is 15.9 Å². The Labute approximate surface area is 100 Å². The third-order valence-corrected chi connectivity index (χ3v) is 2.39. The molecule has 0 aromatic heterocycles. The van der Waals surface area contributed by atoms with Crippen molar-refractivity contribution < 1.29 is 13.2 Å². The lowest BCUT2D eigenvalue weighted by molar-refractivity contribution is -0.137. The summed E-state index contributed by atoms with van der Waals surface area (Å²) in [5, 5.41) is 2.68. The molecule has 0 saturated carbocycles. The van der Waals surface area contributed by atoms with Crippen LogP contribution in [0.4, 0.5) is 18.9 Å². The fourth-order valence-electron chi connectivity index (χ4n) is 1.18. The van der Waals surface area contributed by atoms with Crippen molar-refractivity contribution in [2.24, 2.45) is 5.73 Å². The number of alkyl halides is 3. The van der Waals surface area contributed by atoms with Crippen molar-refractivity contribution in [1.82, 2.24) is 0 Å². The highest BCUT2D eigenvalue weighted by molar-refractivity contribution is 9.10. The van der Waals surface area contributed by atoms with Gasteiger partial charge in [-0.3, -0.25) is 0 Å². The topological polar surface area (TPSA) is 38.0 Å². The Hall–Kier alpha value is -0.750. The van der Waals surface area contributed by atoms with E-state index >= 15 is 0 Å². The van der Waals surface area contributed by atoms with E-state index in [2.05, 4.69) is 21.2 Å². The van der Waals surface area contributed by atoms with Crippen molar-refractivity contribution >= 4 is 21.6 Å². The fourth-order valence-corrected chi connectivity index (χ4v) is 1.54. The minimum absolute atomic E-state index is 0.0491. The summed E-state index contributed by atoms with van der Waals surface area (Å²) < 4.78 is 38.4. The molecular weight excluding hydrogens is 285 g/mol. The second-order valence-corrected chi connectivity index (χ2v) is 4.46. The van der Waals surface area contributed by atoms with Gasteiger partial charge in [0.25, 0.3) is 0 Å². The Morgan fingerprint density at radius 2 is 2.06 bits per heavy atom. The summed E-state index contributed by atoms with van der Waals surface area (Å²) >= 11 is 3.02. The summed E-state index contributed by atoms with van der Waals surface area (Å²) in [7, 11) is 0. The molecule has 0 aliphatic rings. The second-order valence-electron chi connectivity index (χ2n) is 3.55. The van der Waals surface area contributed by atoms with E-state index in [1.165, 1.54) is 6.07 Å². The third kappa shape index (κ3) is 3.68. The zero-order valence-corrected chi connectivity index (χ0v) is 10.2. The van der Waals surface area contributed by atoms with E-state index in [0.29, 0.717) is 11.0 Å². The molecule has 0 aliphatic heterocycles. The predicted molar refractivity (Wildman–Crippen MR) is 61.3 cm³/mol. The molecule has 90 valence electrons. The number of anilines is 1. The van der Waals surface area contributed by atoms with Crippen molar-refractivity contribution in [3.05, 3.63) is 28.2 Å². The maximum absolute atomic E-state index is 12.7. The van der Waals surface area contributed by atoms with E-state index in [1.807, 2.05) is 0 Å². The van der Waals surface area contributed by atoms with Gasteiger partial charge in [0.15, 0.2) is 0 Å². The quantitative estimate of drug-likeness (QED) is 0.899. The molecule has 0 spiro atoms. The number of benzene rings is 1. The Balaban J connectivity index is 2.99. The van der Waals surface area contributed by atoms with Gasteiger partial charge in [-0.25, -0.2) is 0 Å². The number of halogens is 4. The van der Waals surface area contributed by atoms with Crippen LogP contribution in [0.2, 0.25) is 0 Å². The predicted octanol–water partition coefficient (Wildman–Crippen LogP) is 3.23. The largest absolute Gasteiger partial charge is 0.418 e. The molecule has 0 radical (unpaired) electrons. The molecule has 3 N–H and O–H groups in total. The molecule has 6 heteroatoms. The van der Waals surface area contributed by atoms with Crippen LogP contribution in [0.15, 0.2) is 22.7 Å². The number of rotatable bonds is 3. The van der Waals surface area contributed by atoms with Crippen molar-refractivity contribution in [2.75, 3.05) is 11.9 Å². The monoisotopic (exact) mass is 296 g/mol. The van der Waals surface area contributed by atoms with Crippen LogP contribution in [0.1, 0.15) is 12.5 Å². The van der Waals surface area contributed by atoms with Gasteiger partial charge in [0.1, 0.15) is 0 Å². The molecule has 0 aliphatic carbocycles. The van der Waals surface area contributed by atoms with Crippen molar-refractivity contribution in [1.29, 1.82) is 0 Å². The van der Waals surface area contributed by atoms with Crippen molar-refractivity contribution in [2.45, 2.75) is 19.1 Å². The van der Waals surface area contributed by atoms with Gasteiger partial charge in [0, 0.05) is 22.7 Å². The molecule has 0 saturated heterocycles. The van der Waals surface area contributed by atoms with Gasteiger partial charge in [-0.05, 0) is 25.1 Å². The van der Waals surface area contributed by atoms with Gasteiger partial charge in [-0.2, -0.15) is 13.2 Å². The Kier molecular flexibility index (Phi) is 4.21. The van der Waals surface area contributed by atoms with E-state index in [4.69, 9.17) is 5.73 Å². The number of nitrogens with two attached hydrogens (primary N) is 1. The second kappa shape index (κ2) is 5.05. The number of hydrogen-bond acceptors (Lipinski definition) is 2. The normalized spacial score (nSPS) is 13.6. The minimum atomic E-state index is -4.37. The summed E-state index contributed by atoms with van der Waals surface area (Å²) in [4.78, 5) is 0. The zero-order chi connectivity index (χ0) is 12.3. The van der Waals surface area contributed by atoms with E-state index < -0.39 is 11.7 Å². The average Bonchev–Trinajstić information content (AvgIpc) is 2.14. The highest BCUT2D eigenvalue weighted by Crippen LogP contribution is 2.36. The van der Waals surface area contributed by atoms with Gasteiger partial charge >= 0.3 is 6.18 Å². The van der Waals surface area contributed by atoms with Gasteiger partial charge in [-0.1, -0.05) is 15.9 Å². The highest BCUT2D eigenvalue weighted by Gasteiger charge is 2.33. The lowest BCUT2D eigenvalue weighted by Crippen LogP contribution is -2.26. The molecule has 1 unspecified atom stereocenters. The molecule has 1 atom stereocenters. The summed E-state index contributed by atoms with van der Waals surface area (Å²) in [6.07, 6.45) is -4.37. The van der Waals surface area contributed by atoms with Crippen LogP contribution in [-0.2, 0) is 6.18 Å². The van der Waals surface area contributed by atoms with E-state index in [1.54, 1.807) is 13.0 Å². The SMILES string of the molecule is CC(N)CNc1ccc(Br)cc1C(F)(F)F. The first-order chi connectivity index (χ1) is 7.30. The zero-order valence-electron chi connectivity index (χ0n) is 8.61. The lowest BCUT2D eigenvalue weighted by Gasteiger charge is -2.16. The molecule has 1 rings (SSSR count). The average molecular weight is 297 g/mol. The Bertz CT molecular complexity index is 364. The van der Waals surface area contributed by atoms with Crippen LogP contribution in [-0.4, -0.2) is 12.6 Å². The van der Waals surface area contributed by atoms with E-state index in [-0.39, 0.29) is 11.7 Å². The maximum Gasteiger partial charge on any atom is 0.418 e. The maximum atomic E-state index is 12.7. The van der Waals surface area contributed by atoms with Gasteiger partial charge in [-0.15, -0.1) is 0 Å². The summed E-state index contributed by atoms with van der Waals surface area (Å²) in [6, 6.07) is 3.78. The van der Waals surface area contributed by atoms with Crippen LogP contribution in [0.3, 0.4) is 0 Å². The Morgan fingerprint density at radius 1 is 1.44 bits per heavy atom. The first kappa shape index (κ1) is 13.3. The molecule has 0 heterocycles. The molecule has 2 nitrogen and oxygen atoms in total. The van der Waals surface area contributed by atoms with Crippen LogP contribution in [0, 0.1) is 0 Å². The smallest absolute Gasteiger partial charge is 0.383 e. The first-order valence-corrected chi connectivity index (χ1v) is 5.46. The molecular formula is C10H12BrF3N2. The minimum Gasteiger partial charge on any atom is -0.383 e. The third-order valence-electron chi connectivity index (χ3n) is 1.90. The van der Waals surface area contributed by atoms with Gasteiger partial charge in [0.2, 0.25) is 0 Å².